The normalized spacial score (nSPS) is 18.2. The Hall–Kier alpha value is -3.03. The van der Waals surface area contributed by atoms with Crippen LogP contribution in [0.15, 0.2) is 54.3 Å². The molecule has 0 fully saturated rings. The second-order valence-electron chi connectivity index (χ2n) is 6.99. The molecule has 156 valence electrons. The van der Waals surface area contributed by atoms with Crippen molar-refractivity contribution in [1.82, 2.24) is 0 Å². The molecule has 0 aromatic heterocycles. The molecule has 2 aromatic carbocycles. The number of benzene rings is 2. The summed E-state index contributed by atoms with van der Waals surface area (Å²) in [5, 5.41) is 29.6. The molecule has 3 rings (SSSR count). The Morgan fingerprint density at radius 3 is 2.70 bits per heavy atom. The third kappa shape index (κ3) is 4.27. The number of rotatable bonds is 6. The standard InChI is InChI=1S/C22H19ClF2N2O3/c1-11-4-2-5-15(23)14(11)10-27-18-7-3-6-16(24)20(18)21(26)12-9-19(28)13(22(29)30)8-17(12)25/h2-9,16,20,26-28H,10H2,1H3,(H,29,30)/p+1. The summed E-state index contributed by atoms with van der Waals surface area (Å²) in [5.74, 6) is -4.32. The van der Waals surface area contributed by atoms with Crippen LogP contribution in [0.2, 0.25) is 5.02 Å². The molecular weight excluding hydrogens is 414 g/mol. The maximum absolute atomic E-state index is 14.8. The third-order valence-electron chi connectivity index (χ3n) is 5.07. The molecule has 0 saturated carbocycles. The average Bonchev–Trinajstić information content (AvgIpc) is 2.68. The number of nitrogens with one attached hydrogen (secondary N) is 1. The zero-order chi connectivity index (χ0) is 22.0. The Labute approximate surface area is 176 Å². The van der Waals surface area contributed by atoms with Crippen molar-refractivity contribution < 1.29 is 29.1 Å². The highest BCUT2D eigenvalue weighted by Crippen LogP contribution is 2.29. The first kappa shape index (κ1) is 21.7. The van der Waals surface area contributed by atoms with Crippen LogP contribution in [0.25, 0.3) is 0 Å². The zero-order valence-corrected chi connectivity index (χ0v) is 16.8. The molecule has 0 amide bonds. The lowest BCUT2D eigenvalue weighted by Crippen LogP contribution is -2.82. The van der Waals surface area contributed by atoms with Gasteiger partial charge in [-0.2, -0.15) is 0 Å². The number of nitrogens with two attached hydrogens (primary N) is 1. The highest BCUT2D eigenvalue weighted by Gasteiger charge is 2.35. The molecular formula is C22H20ClF2N2O3+. The molecule has 5 nitrogen and oxygen atoms in total. The molecule has 2 atom stereocenters. The van der Waals surface area contributed by atoms with Crippen LogP contribution in [0.5, 0.6) is 5.75 Å². The quantitative estimate of drug-likeness (QED) is 0.522. The van der Waals surface area contributed by atoms with Gasteiger partial charge in [0.15, 0.2) is 0 Å². The summed E-state index contributed by atoms with van der Waals surface area (Å²) < 4.78 is 29.3. The number of alkyl halides is 1. The molecule has 0 aliphatic heterocycles. The fourth-order valence-electron chi connectivity index (χ4n) is 3.44. The Balaban J connectivity index is 1.90. The summed E-state index contributed by atoms with van der Waals surface area (Å²) in [6, 6.07) is 6.97. The number of hydrogen-bond donors (Lipinski definition) is 4. The van der Waals surface area contributed by atoms with E-state index in [2.05, 4.69) is 0 Å². The van der Waals surface area contributed by atoms with E-state index in [4.69, 9.17) is 22.1 Å². The highest BCUT2D eigenvalue weighted by molar-refractivity contribution is 6.31. The van der Waals surface area contributed by atoms with Crippen molar-refractivity contribution in [2.45, 2.75) is 19.6 Å². The third-order valence-corrected chi connectivity index (χ3v) is 5.43. The summed E-state index contributed by atoms with van der Waals surface area (Å²) in [4.78, 5) is 11.1. The lowest BCUT2D eigenvalue weighted by atomic mass is 9.86. The van der Waals surface area contributed by atoms with Crippen LogP contribution in [-0.2, 0) is 6.54 Å². The number of hydrogen-bond acceptors (Lipinski definition) is 3. The van der Waals surface area contributed by atoms with Crippen LogP contribution in [0.4, 0.5) is 8.78 Å². The number of phenols is 1. The van der Waals surface area contributed by atoms with Gasteiger partial charge in [0.2, 0.25) is 0 Å². The number of aromatic hydroxyl groups is 1. The molecule has 2 unspecified atom stereocenters. The van der Waals surface area contributed by atoms with Gasteiger partial charge in [-0.25, -0.2) is 13.6 Å². The second kappa shape index (κ2) is 8.77. The van der Waals surface area contributed by atoms with E-state index in [0.29, 0.717) is 23.3 Å². The van der Waals surface area contributed by atoms with Crippen LogP contribution in [-0.4, -0.2) is 28.1 Å². The Bertz CT molecular complexity index is 1060. The smallest absolute Gasteiger partial charge is 0.339 e. The number of aryl methyl sites for hydroxylation is 1. The van der Waals surface area contributed by atoms with Crippen molar-refractivity contribution in [1.29, 1.82) is 5.41 Å². The molecule has 2 aromatic rings. The summed E-state index contributed by atoms with van der Waals surface area (Å²) in [6.45, 7) is 2.30. The maximum Gasteiger partial charge on any atom is 0.339 e. The molecule has 30 heavy (non-hydrogen) atoms. The SMILES string of the molecule is Cc1cccc(Cl)c1C[NH2+]C1=CC=CC(F)C1C(=N)c1cc(O)c(C(=O)O)cc1F. The van der Waals surface area contributed by atoms with Crippen molar-refractivity contribution in [3.63, 3.8) is 0 Å². The van der Waals surface area contributed by atoms with Gasteiger partial charge in [-0.15, -0.1) is 0 Å². The van der Waals surface area contributed by atoms with Crippen molar-refractivity contribution in [2.24, 2.45) is 5.92 Å². The molecule has 0 heterocycles. The first-order valence-electron chi connectivity index (χ1n) is 9.15. The van der Waals surface area contributed by atoms with Crippen LogP contribution in [0, 0.1) is 24.1 Å². The Kier molecular flexibility index (Phi) is 6.34. The first-order valence-corrected chi connectivity index (χ1v) is 9.52. The Morgan fingerprint density at radius 2 is 2.03 bits per heavy atom. The van der Waals surface area contributed by atoms with Crippen molar-refractivity contribution in [2.75, 3.05) is 0 Å². The number of halogens is 3. The van der Waals surface area contributed by atoms with Crippen molar-refractivity contribution >= 4 is 23.3 Å². The molecule has 0 saturated heterocycles. The van der Waals surface area contributed by atoms with E-state index in [1.54, 1.807) is 17.5 Å². The van der Waals surface area contributed by atoms with E-state index >= 15 is 0 Å². The number of allylic oxidation sites excluding steroid dienone is 4. The summed E-state index contributed by atoms with van der Waals surface area (Å²) in [7, 11) is 0. The van der Waals surface area contributed by atoms with E-state index in [9.17, 15) is 18.7 Å². The van der Waals surface area contributed by atoms with Gasteiger partial charge in [-0.3, -0.25) is 0 Å². The van der Waals surface area contributed by atoms with Gasteiger partial charge in [0.25, 0.3) is 0 Å². The van der Waals surface area contributed by atoms with E-state index in [1.807, 2.05) is 19.1 Å². The summed E-state index contributed by atoms with van der Waals surface area (Å²) in [6.07, 6.45) is 2.86. The van der Waals surface area contributed by atoms with Crippen LogP contribution in [0.3, 0.4) is 0 Å². The molecule has 0 bridgehead atoms. The minimum Gasteiger partial charge on any atom is -0.507 e. The van der Waals surface area contributed by atoms with Gasteiger partial charge < -0.3 is 20.9 Å². The minimum absolute atomic E-state index is 0.353. The molecule has 0 spiro atoms. The minimum atomic E-state index is -1.58. The van der Waals surface area contributed by atoms with Gasteiger partial charge in [-0.05, 0) is 42.8 Å². The zero-order valence-electron chi connectivity index (χ0n) is 16.0. The second-order valence-corrected chi connectivity index (χ2v) is 7.39. The monoisotopic (exact) mass is 433 g/mol. The topological polar surface area (TPSA) is 98.0 Å². The van der Waals surface area contributed by atoms with Crippen molar-refractivity contribution in [3.05, 3.63) is 87.4 Å². The molecule has 5 N–H and O–H groups in total. The molecule has 1 aliphatic rings. The van der Waals surface area contributed by atoms with Gasteiger partial charge in [0, 0.05) is 16.1 Å². The number of quaternary nitrogens is 1. The van der Waals surface area contributed by atoms with E-state index in [0.717, 1.165) is 17.2 Å². The van der Waals surface area contributed by atoms with Crippen LogP contribution < -0.4 is 5.32 Å². The fourth-order valence-corrected chi connectivity index (χ4v) is 3.74. The average molecular weight is 434 g/mol. The van der Waals surface area contributed by atoms with E-state index in [-0.39, 0.29) is 5.56 Å². The Morgan fingerprint density at radius 1 is 1.30 bits per heavy atom. The number of carboxylic acid groups (broad SMARTS) is 1. The van der Waals surface area contributed by atoms with E-state index in [1.165, 1.54) is 12.2 Å². The van der Waals surface area contributed by atoms with Crippen molar-refractivity contribution in [3.8, 4) is 5.75 Å². The van der Waals surface area contributed by atoms with Gasteiger partial charge in [0.1, 0.15) is 41.5 Å². The van der Waals surface area contributed by atoms with Gasteiger partial charge in [0.05, 0.1) is 5.71 Å². The number of carbonyl (C=O) groups is 1. The largest absolute Gasteiger partial charge is 0.507 e. The predicted octanol–water partition coefficient (Wildman–Crippen LogP) is 3.73. The summed E-state index contributed by atoms with van der Waals surface area (Å²) in [5.41, 5.74) is 0.930. The van der Waals surface area contributed by atoms with Gasteiger partial charge >= 0.3 is 5.97 Å². The lowest BCUT2D eigenvalue weighted by molar-refractivity contribution is -0.628. The predicted molar refractivity (Wildman–Crippen MR) is 109 cm³/mol. The van der Waals surface area contributed by atoms with Gasteiger partial charge in [-0.1, -0.05) is 29.8 Å². The van der Waals surface area contributed by atoms with Crippen LogP contribution in [0.1, 0.15) is 27.0 Å². The number of carboxylic acids is 1. The molecule has 1 aliphatic carbocycles. The lowest BCUT2D eigenvalue weighted by Gasteiger charge is -2.24. The fraction of sp³-hybridized carbons (Fsp3) is 0.182. The summed E-state index contributed by atoms with van der Waals surface area (Å²) >= 11 is 6.25. The maximum atomic E-state index is 14.8. The molecule has 0 radical (unpaired) electrons. The van der Waals surface area contributed by atoms with E-state index < -0.39 is 40.9 Å². The van der Waals surface area contributed by atoms with Crippen LogP contribution >= 0.6 is 11.6 Å². The number of aromatic carboxylic acids is 1. The first-order chi connectivity index (χ1) is 14.2. The molecule has 8 heteroatoms. The highest BCUT2D eigenvalue weighted by atomic mass is 35.5.